The highest BCUT2D eigenvalue weighted by Gasteiger charge is 2.26. The summed E-state index contributed by atoms with van der Waals surface area (Å²) in [6, 6.07) is 4.23. The second-order valence-electron chi connectivity index (χ2n) is 4.64. The van der Waals surface area contributed by atoms with Crippen molar-refractivity contribution in [2.45, 2.75) is 24.8 Å². The number of aromatic nitrogens is 2. The standard InChI is InChI=1S/C12H12N4O4S2/c1-6-11(17)13-9-4-3-8(5-10(9)20-6)22(18,19)16-12-15-14-7(2)21-12/h3-6H,1-2H3,(H,13,17)(H,15,16)/t6-/m1/s1. The number of sulfonamides is 1. The lowest BCUT2D eigenvalue weighted by atomic mass is 10.2. The molecule has 1 aromatic heterocycles. The summed E-state index contributed by atoms with van der Waals surface area (Å²) in [6.45, 7) is 3.31. The second kappa shape index (κ2) is 5.21. The van der Waals surface area contributed by atoms with Crippen LogP contribution in [0, 0.1) is 6.92 Å². The smallest absolute Gasteiger partial charge is 0.265 e. The molecule has 0 unspecified atom stereocenters. The van der Waals surface area contributed by atoms with E-state index in [1.165, 1.54) is 18.2 Å². The average molecular weight is 340 g/mol. The van der Waals surface area contributed by atoms with Gasteiger partial charge in [0.25, 0.3) is 15.9 Å². The molecule has 0 fully saturated rings. The van der Waals surface area contributed by atoms with Crippen molar-refractivity contribution >= 4 is 38.1 Å². The maximum absolute atomic E-state index is 12.3. The summed E-state index contributed by atoms with van der Waals surface area (Å²) < 4.78 is 32.4. The van der Waals surface area contributed by atoms with Crippen LogP contribution < -0.4 is 14.8 Å². The minimum atomic E-state index is -3.80. The normalized spacial score (nSPS) is 17.4. The summed E-state index contributed by atoms with van der Waals surface area (Å²) in [6.07, 6.45) is -0.677. The summed E-state index contributed by atoms with van der Waals surface area (Å²) in [5, 5.41) is 11.0. The lowest BCUT2D eigenvalue weighted by Gasteiger charge is -2.23. The largest absolute Gasteiger partial charge is 0.479 e. The van der Waals surface area contributed by atoms with E-state index in [2.05, 4.69) is 20.2 Å². The van der Waals surface area contributed by atoms with E-state index in [9.17, 15) is 13.2 Å². The fourth-order valence-electron chi connectivity index (χ4n) is 1.86. The Labute approximate surface area is 130 Å². The first-order valence-corrected chi connectivity index (χ1v) is 8.59. The molecule has 1 aromatic carbocycles. The quantitative estimate of drug-likeness (QED) is 0.873. The topological polar surface area (TPSA) is 110 Å². The van der Waals surface area contributed by atoms with Crippen LogP contribution in [0.5, 0.6) is 5.75 Å². The lowest BCUT2D eigenvalue weighted by molar-refractivity contribution is -0.122. The number of benzene rings is 1. The number of aryl methyl sites for hydroxylation is 1. The van der Waals surface area contributed by atoms with Gasteiger partial charge in [-0.05, 0) is 26.0 Å². The molecule has 10 heteroatoms. The molecule has 0 saturated heterocycles. The van der Waals surface area contributed by atoms with Crippen LogP contribution in [0.3, 0.4) is 0 Å². The molecule has 0 aliphatic carbocycles. The van der Waals surface area contributed by atoms with Gasteiger partial charge in [-0.15, -0.1) is 10.2 Å². The van der Waals surface area contributed by atoms with E-state index >= 15 is 0 Å². The molecule has 2 heterocycles. The molecule has 22 heavy (non-hydrogen) atoms. The first kappa shape index (κ1) is 14.7. The monoisotopic (exact) mass is 340 g/mol. The third-order valence-corrected chi connectivity index (χ3v) is 5.16. The minimum Gasteiger partial charge on any atom is -0.479 e. The van der Waals surface area contributed by atoms with E-state index in [1.54, 1.807) is 13.8 Å². The highest BCUT2D eigenvalue weighted by Crippen LogP contribution is 2.32. The predicted octanol–water partition coefficient (Wildman–Crippen LogP) is 1.37. The first-order valence-electron chi connectivity index (χ1n) is 6.30. The summed E-state index contributed by atoms with van der Waals surface area (Å²) in [5.41, 5.74) is 0.439. The zero-order chi connectivity index (χ0) is 15.9. The Balaban J connectivity index is 1.92. The van der Waals surface area contributed by atoms with Gasteiger partial charge in [-0.1, -0.05) is 11.3 Å². The van der Waals surface area contributed by atoms with Gasteiger partial charge >= 0.3 is 0 Å². The molecule has 116 valence electrons. The Morgan fingerprint density at radius 2 is 2.14 bits per heavy atom. The van der Waals surface area contributed by atoms with E-state index < -0.39 is 16.1 Å². The third-order valence-electron chi connectivity index (χ3n) is 2.94. The van der Waals surface area contributed by atoms with Crippen molar-refractivity contribution in [2.75, 3.05) is 10.0 Å². The van der Waals surface area contributed by atoms with Crippen LogP contribution in [0.1, 0.15) is 11.9 Å². The summed E-state index contributed by atoms with van der Waals surface area (Å²) in [4.78, 5) is 11.5. The Bertz CT molecular complexity index is 847. The fourth-order valence-corrected chi connectivity index (χ4v) is 3.70. The zero-order valence-electron chi connectivity index (χ0n) is 11.7. The lowest BCUT2D eigenvalue weighted by Crippen LogP contribution is -2.34. The molecule has 8 nitrogen and oxygen atoms in total. The van der Waals surface area contributed by atoms with E-state index in [-0.39, 0.29) is 15.9 Å². The molecular formula is C12H12N4O4S2. The van der Waals surface area contributed by atoms with Crippen LogP contribution in [0.15, 0.2) is 23.1 Å². The van der Waals surface area contributed by atoms with Gasteiger partial charge in [-0.2, -0.15) is 0 Å². The Hall–Kier alpha value is -2.20. The van der Waals surface area contributed by atoms with Gasteiger partial charge in [0, 0.05) is 6.07 Å². The molecule has 0 radical (unpaired) electrons. The number of amides is 1. The van der Waals surface area contributed by atoms with Crippen molar-refractivity contribution < 1.29 is 17.9 Å². The molecule has 2 aromatic rings. The highest BCUT2D eigenvalue weighted by molar-refractivity contribution is 7.93. The number of hydrogen-bond acceptors (Lipinski definition) is 7. The van der Waals surface area contributed by atoms with Crippen molar-refractivity contribution in [3.05, 3.63) is 23.2 Å². The van der Waals surface area contributed by atoms with Gasteiger partial charge in [-0.25, -0.2) is 8.42 Å². The van der Waals surface area contributed by atoms with Crippen LogP contribution in [-0.4, -0.2) is 30.6 Å². The van der Waals surface area contributed by atoms with Crippen molar-refractivity contribution in [2.24, 2.45) is 0 Å². The van der Waals surface area contributed by atoms with E-state index in [1.807, 2.05) is 0 Å². The number of fused-ring (bicyclic) bond motifs is 1. The molecular weight excluding hydrogens is 328 g/mol. The molecule has 2 N–H and O–H groups in total. The van der Waals surface area contributed by atoms with Crippen molar-refractivity contribution in [3.63, 3.8) is 0 Å². The zero-order valence-corrected chi connectivity index (χ0v) is 13.3. The number of rotatable bonds is 3. The molecule has 0 spiro atoms. The van der Waals surface area contributed by atoms with E-state index in [0.717, 1.165) is 11.3 Å². The number of ether oxygens (including phenoxy) is 1. The maximum Gasteiger partial charge on any atom is 0.265 e. The molecule has 1 aliphatic heterocycles. The van der Waals surface area contributed by atoms with Crippen LogP contribution in [0.25, 0.3) is 0 Å². The van der Waals surface area contributed by atoms with Gasteiger partial charge < -0.3 is 10.1 Å². The van der Waals surface area contributed by atoms with E-state index in [4.69, 9.17) is 4.74 Å². The van der Waals surface area contributed by atoms with Crippen LogP contribution in [0.4, 0.5) is 10.8 Å². The Morgan fingerprint density at radius 3 is 2.82 bits per heavy atom. The van der Waals surface area contributed by atoms with Gasteiger partial charge in [0.15, 0.2) is 6.10 Å². The highest BCUT2D eigenvalue weighted by atomic mass is 32.2. The third kappa shape index (κ3) is 2.74. The Morgan fingerprint density at radius 1 is 1.36 bits per heavy atom. The van der Waals surface area contributed by atoms with Crippen molar-refractivity contribution in [3.8, 4) is 5.75 Å². The molecule has 1 amide bonds. The molecule has 3 rings (SSSR count). The van der Waals surface area contributed by atoms with Gasteiger partial charge in [-0.3, -0.25) is 9.52 Å². The van der Waals surface area contributed by atoms with Gasteiger partial charge in [0.05, 0.1) is 10.6 Å². The van der Waals surface area contributed by atoms with Crippen LogP contribution in [0.2, 0.25) is 0 Å². The number of anilines is 2. The van der Waals surface area contributed by atoms with Crippen LogP contribution in [-0.2, 0) is 14.8 Å². The molecule has 0 bridgehead atoms. The summed E-state index contributed by atoms with van der Waals surface area (Å²) in [7, 11) is -3.80. The molecule has 1 atom stereocenters. The van der Waals surface area contributed by atoms with Crippen molar-refractivity contribution in [1.82, 2.24) is 10.2 Å². The maximum atomic E-state index is 12.3. The molecule has 1 aliphatic rings. The second-order valence-corrected chi connectivity index (χ2v) is 7.50. The SMILES string of the molecule is Cc1nnc(NS(=O)(=O)c2ccc3c(c2)O[C@H](C)C(=O)N3)s1. The minimum absolute atomic E-state index is 0.0162. The number of hydrogen-bond donors (Lipinski definition) is 2. The number of carbonyl (C=O) groups is 1. The summed E-state index contributed by atoms with van der Waals surface area (Å²) in [5.74, 6) is 0.0361. The predicted molar refractivity (Wildman–Crippen MR) is 80.6 cm³/mol. The fraction of sp³-hybridized carbons (Fsp3) is 0.250. The summed E-state index contributed by atoms with van der Waals surface area (Å²) >= 11 is 1.14. The first-order chi connectivity index (χ1) is 10.3. The number of nitrogens with zero attached hydrogens (tertiary/aromatic N) is 2. The van der Waals surface area contributed by atoms with Gasteiger partial charge in [0.1, 0.15) is 10.8 Å². The number of carbonyl (C=O) groups excluding carboxylic acids is 1. The average Bonchev–Trinajstić information content (AvgIpc) is 2.84. The van der Waals surface area contributed by atoms with E-state index in [0.29, 0.717) is 16.4 Å². The number of nitrogens with one attached hydrogen (secondary N) is 2. The Kier molecular flexibility index (Phi) is 3.49. The molecule has 0 saturated carbocycles. The van der Waals surface area contributed by atoms with Gasteiger partial charge in [0.2, 0.25) is 5.13 Å². The van der Waals surface area contributed by atoms with Crippen LogP contribution >= 0.6 is 11.3 Å². The van der Waals surface area contributed by atoms with Crippen molar-refractivity contribution in [1.29, 1.82) is 0 Å².